The highest BCUT2D eigenvalue weighted by atomic mass is 32.2. The predicted molar refractivity (Wildman–Crippen MR) is 80.3 cm³/mol. The van der Waals surface area contributed by atoms with E-state index in [2.05, 4.69) is 29.6 Å². The first kappa shape index (κ1) is 14.4. The zero-order valence-electron chi connectivity index (χ0n) is 11.7. The molecule has 104 valence electrons. The van der Waals surface area contributed by atoms with E-state index in [0.29, 0.717) is 5.75 Å². The van der Waals surface area contributed by atoms with E-state index in [1.54, 1.807) is 16.7 Å². The minimum absolute atomic E-state index is 0.189. The molecule has 2 rings (SSSR count). The third kappa shape index (κ3) is 4.88. The van der Waals surface area contributed by atoms with Gasteiger partial charge in [-0.2, -0.15) is 0 Å². The molecule has 1 N–H and O–H groups in total. The molecule has 1 amide bonds. The van der Waals surface area contributed by atoms with Crippen LogP contribution in [0.3, 0.4) is 0 Å². The largest absolute Gasteiger partial charge is 0.345 e. The van der Waals surface area contributed by atoms with Gasteiger partial charge in [-0.15, -0.1) is 11.8 Å². The van der Waals surface area contributed by atoms with E-state index in [0.717, 1.165) is 19.1 Å². The fourth-order valence-corrected chi connectivity index (χ4v) is 2.65. The van der Waals surface area contributed by atoms with Gasteiger partial charge in [0.2, 0.25) is 5.91 Å². The highest BCUT2D eigenvalue weighted by Gasteiger charge is 2.19. The lowest BCUT2D eigenvalue weighted by atomic mass is 10.2. The van der Waals surface area contributed by atoms with Gasteiger partial charge in [0.25, 0.3) is 0 Å². The molecule has 3 nitrogen and oxygen atoms in total. The molecular weight excluding hydrogens is 256 g/mol. The number of rotatable bonds is 7. The van der Waals surface area contributed by atoms with Crippen molar-refractivity contribution in [1.29, 1.82) is 0 Å². The van der Waals surface area contributed by atoms with E-state index >= 15 is 0 Å². The summed E-state index contributed by atoms with van der Waals surface area (Å²) in [6.45, 7) is 3.69. The molecule has 0 heterocycles. The first-order valence-electron chi connectivity index (χ1n) is 6.88. The number of benzene rings is 1. The molecule has 0 unspecified atom stereocenters. The number of nitrogens with one attached hydrogen (secondary N) is 1. The Labute approximate surface area is 119 Å². The Morgan fingerprint density at radius 2 is 2.26 bits per heavy atom. The molecule has 1 aromatic rings. The Kier molecular flexibility index (Phi) is 5.28. The van der Waals surface area contributed by atoms with Gasteiger partial charge in [-0.3, -0.25) is 4.79 Å². The van der Waals surface area contributed by atoms with E-state index < -0.39 is 0 Å². The van der Waals surface area contributed by atoms with E-state index in [9.17, 15) is 4.79 Å². The molecular formula is C15H22N2OS. The van der Waals surface area contributed by atoms with Crippen molar-refractivity contribution in [2.24, 2.45) is 0 Å². The van der Waals surface area contributed by atoms with Crippen LogP contribution < -0.4 is 5.32 Å². The Morgan fingerprint density at radius 1 is 1.47 bits per heavy atom. The molecule has 0 aliphatic heterocycles. The number of hydrogen-bond donors (Lipinski definition) is 1. The third-order valence-electron chi connectivity index (χ3n) is 3.33. The van der Waals surface area contributed by atoms with Crippen molar-refractivity contribution >= 4 is 17.7 Å². The molecule has 1 aliphatic carbocycles. The van der Waals surface area contributed by atoms with Crippen LogP contribution >= 0.6 is 11.8 Å². The van der Waals surface area contributed by atoms with Crippen LogP contribution in [0, 0.1) is 0 Å². The van der Waals surface area contributed by atoms with Gasteiger partial charge in [0.05, 0.1) is 5.75 Å². The molecule has 0 bridgehead atoms. The fourth-order valence-electron chi connectivity index (χ4n) is 1.73. The van der Waals surface area contributed by atoms with Gasteiger partial charge in [-0.1, -0.05) is 12.1 Å². The average molecular weight is 278 g/mol. The lowest BCUT2D eigenvalue weighted by Gasteiger charge is -2.14. The van der Waals surface area contributed by atoms with Crippen molar-refractivity contribution in [3.05, 3.63) is 29.8 Å². The lowest BCUT2D eigenvalue weighted by Crippen LogP contribution is -2.27. The first-order valence-corrected chi connectivity index (χ1v) is 7.86. The van der Waals surface area contributed by atoms with E-state index in [-0.39, 0.29) is 5.91 Å². The lowest BCUT2D eigenvalue weighted by molar-refractivity contribution is -0.126. The molecule has 1 saturated carbocycles. The Morgan fingerprint density at radius 3 is 2.95 bits per heavy atom. The molecule has 1 aliphatic rings. The molecule has 4 heteroatoms. The molecule has 0 atom stereocenters. The Hall–Kier alpha value is -1.00. The number of carbonyl (C=O) groups is 1. The standard InChI is InChI=1S/C15H22N2OS/c1-3-17(2)15(18)11-19-14-6-4-5-12(9-14)10-16-13-7-8-13/h4-6,9,13,16H,3,7-8,10-11H2,1-2H3. The van der Waals surface area contributed by atoms with Crippen molar-refractivity contribution in [2.75, 3.05) is 19.3 Å². The summed E-state index contributed by atoms with van der Waals surface area (Å²) in [6.07, 6.45) is 2.62. The number of nitrogens with zero attached hydrogens (tertiary/aromatic N) is 1. The zero-order valence-corrected chi connectivity index (χ0v) is 12.5. The van der Waals surface area contributed by atoms with Crippen LogP contribution in [0.1, 0.15) is 25.3 Å². The van der Waals surface area contributed by atoms with Crippen molar-refractivity contribution in [3.8, 4) is 0 Å². The van der Waals surface area contributed by atoms with E-state index in [1.807, 2.05) is 14.0 Å². The van der Waals surface area contributed by atoms with Crippen molar-refractivity contribution in [3.63, 3.8) is 0 Å². The molecule has 1 aromatic carbocycles. The summed E-state index contributed by atoms with van der Waals surface area (Å²) in [7, 11) is 1.85. The average Bonchev–Trinajstić information content (AvgIpc) is 3.26. The minimum atomic E-state index is 0.189. The summed E-state index contributed by atoms with van der Waals surface area (Å²) < 4.78 is 0. The van der Waals surface area contributed by atoms with Crippen LogP contribution in [0.5, 0.6) is 0 Å². The van der Waals surface area contributed by atoms with Gasteiger partial charge in [0.15, 0.2) is 0 Å². The maximum absolute atomic E-state index is 11.7. The minimum Gasteiger partial charge on any atom is -0.345 e. The zero-order chi connectivity index (χ0) is 13.7. The van der Waals surface area contributed by atoms with Crippen molar-refractivity contribution in [2.45, 2.75) is 37.2 Å². The van der Waals surface area contributed by atoms with Gasteiger partial charge in [0, 0.05) is 31.1 Å². The van der Waals surface area contributed by atoms with Crippen LogP contribution in [-0.2, 0) is 11.3 Å². The molecule has 1 fully saturated rings. The number of thioether (sulfide) groups is 1. The van der Waals surface area contributed by atoms with Crippen LogP contribution in [0.25, 0.3) is 0 Å². The van der Waals surface area contributed by atoms with Gasteiger partial charge in [-0.25, -0.2) is 0 Å². The molecule has 0 radical (unpaired) electrons. The third-order valence-corrected chi connectivity index (χ3v) is 4.31. The summed E-state index contributed by atoms with van der Waals surface area (Å²) in [5.41, 5.74) is 1.30. The summed E-state index contributed by atoms with van der Waals surface area (Å²) in [5, 5.41) is 3.51. The molecule has 19 heavy (non-hydrogen) atoms. The highest BCUT2D eigenvalue weighted by Crippen LogP contribution is 2.22. The first-order chi connectivity index (χ1) is 9.19. The quantitative estimate of drug-likeness (QED) is 0.778. The van der Waals surface area contributed by atoms with E-state index in [1.165, 1.54) is 23.3 Å². The van der Waals surface area contributed by atoms with Crippen LogP contribution in [-0.4, -0.2) is 36.2 Å². The van der Waals surface area contributed by atoms with Crippen LogP contribution in [0.2, 0.25) is 0 Å². The molecule has 0 saturated heterocycles. The highest BCUT2D eigenvalue weighted by molar-refractivity contribution is 8.00. The van der Waals surface area contributed by atoms with Gasteiger partial charge >= 0.3 is 0 Å². The predicted octanol–water partition coefficient (Wildman–Crippen LogP) is 2.51. The topological polar surface area (TPSA) is 32.3 Å². The number of hydrogen-bond acceptors (Lipinski definition) is 3. The fraction of sp³-hybridized carbons (Fsp3) is 0.533. The second kappa shape index (κ2) is 6.96. The molecule has 0 aromatic heterocycles. The van der Waals surface area contributed by atoms with Gasteiger partial charge in [0.1, 0.15) is 0 Å². The SMILES string of the molecule is CCN(C)C(=O)CSc1cccc(CNC2CC2)c1. The normalized spacial score (nSPS) is 14.4. The van der Waals surface area contributed by atoms with Gasteiger partial charge < -0.3 is 10.2 Å². The summed E-state index contributed by atoms with van der Waals surface area (Å²) in [6, 6.07) is 9.19. The number of amides is 1. The Bertz CT molecular complexity index is 432. The maximum atomic E-state index is 11.7. The second-order valence-electron chi connectivity index (χ2n) is 5.00. The van der Waals surface area contributed by atoms with Gasteiger partial charge in [-0.05, 0) is 37.5 Å². The molecule has 0 spiro atoms. The van der Waals surface area contributed by atoms with Crippen LogP contribution in [0.15, 0.2) is 29.2 Å². The van der Waals surface area contributed by atoms with Crippen molar-refractivity contribution in [1.82, 2.24) is 10.2 Å². The monoisotopic (exact) mass is 278 g/mol. The van der Waals surface area contributed by atoms with E-state index in [4.69, 9.17) is 0 Å². The maximum Gasteiger partial charge on any atom is 0.232 e. The van der Waals surface area contributed by atoms with Crippen molar-refractivity contribution < 1.29 is 4.79 Å². The number of carbonyl (C=O) groups excluding carboxylic acids is 1. The second-order valence-corrected chi connectivity index (χ2v) is 6.05. The summed E-state index contributed by atoms with van der Waals surface area (Å²) in [4.78, 5) is 14.7. The smallest absolute Gasteiger partial charge is 0.232 e. The summed E-state index contributed by atoms with van der Waals surface area (Å²) in [5.74, 6) is 0.707. The summed E-state index contributed by atoms with van der Waals surface area (Å²) >= 11 is 1.62. The van der Waals surface area contributed by atoms with Crippen LogP contribution in [0.4, 0.5) is 0 Å². The Balaban J connectivity index is 1.82.